The molecule has 3 amide bonds. The van der Waals surface area contributed by atoms with Crippen molar-refractivity contribution < 1.29 is 29.4 Å². The summed E-state index contributed by atoms with van der Waals surface area (Å²) in [6.45, 7) is 2.38. The molecule has 166 valence electrons. The summed E-state index contributed by atoms with van der Waals surface area (Å²) in [7, 11) is 0. The molecular formula is C16H31N7O6. The van der Waals surface area contributed by atoms with E-state index in [4.69, 9.17) is 27.4 Å². The van der Waals surface area contributed by atoms with Crippen molar-refractivity contribution in [1.29, 1.82) is 0 Å². The summed E-state index contributed by atoms with van der Waals surface area (Å²) in [5.74, 6) is -3.92. The molecule has 0 aromatic carbocycles. The van der Waals surface area contributed by atoms with Crippen LogP contribution in [0.2, 0.25) is 0 Å². The first-order valence-corrected chi connectivity index (χ1v) is 9.02. The zero-order valence-electron chi connectivity index (χ0n) is 16.6. The Bertz CT molecular complexity index is 607. The van der Waals surface area contributed by atoms with Crippen molar-refractivity contribution in [2.24, 2.45) is 28.1 Å². The number of nitrogens with one attached hydrogen (secondary N) is 3. The fourth-order valence-electron chi connectivity index (χ4n) is 2.26. The van der Waals surface area contributed by atoms with Gasteiger partial charge in [-0.05, 0) is 18.8 Å². The van der Waals surface area contributed by atoms with Crippen LogP contribution in [0.25, 0.3) is 0 Å². The minimum absolute atomic E-state index is 0.106. The first-order valence-electron chi connectivity index (χ1n) is 9.02. The van der Waals surface area contributed by atoms with Gasteiger partial charge in [0, 0.05) is 6.54 Å². The standard InChI is InChI=1S/C16H31N7O6/c1-8(2)12(14(27)22-10(7-24)15(28)29)23-13(26)9(21-11(25)6-17)4-3-5-20-16(18)19/h8-10,12,24H,3-7,17H2,1-2H3,(H,21,25)(H,22,27)(H,23,26)(H,28,29)(H4,18,19,20). The lowest BCUT2D eigenvalue weighted by molar-refractivity contribution is -0.143. The molecule has 0 saturated heterocycles. The summed E-state index contributed by atoms with van der Waals surface area (Å²) < 4.78 is 0. The predicted octanol–water partition coefficient (Wildman–Crippen LogP) is -3.81. The van der Waals surface area contributed by atoms with E-state index in [0.717, 1.165) is 0 Å². The average Bonchev–Trinajstić information content (AvgIpc) is 2.64. The van der Waals surface area contributed by atoms with Gasteiger partial charge in [0.25, 0.3) is 0 Å². The van der Waals surface area contributed by atoms with Crippen molar-refractivity contribution in [2.75, 3.05) is 19.7 Å². The van der Waals surface area contributed by atoms with E-state index >= 15 is 0 Å². The molecule has 0 spiro atoms. The number of amides is 3. The molecule has 13 nitrogen and oxygen atoms in total. The molecule has 0 bridgehead atoms. The van der Waals surface area contributed by atoms with Crippen LogP contribution in [0.1, 0.15) is 26.7 Å². The van der Waals surface area contributed by atoms with Gasteiger partial charge in [0.15, 0.2) is 5.96 Å². The number of aliphatic imine (C=N–C) groups is 1. The number of carboxylic acids is 1. The van der Waals surface area contributed by atoms with Crippen molar-refractivity contribution in [2.45, 2.75) is 44.8 Å². The molecule has 3 atom stereocenters. The van der Waals surface area contributed by atoms with Gasteiger partial charge in [0.1, 0.15) is 18.1 Å². The second kappa shape index (κ2) is 13.3. The zero-order chi connectivity index (χ0) is 22.6. The van der Waals surface area contributed by atoms with Gasteiger partial charge in [-0.1, -0.05) is 13.8 Å². The number of rotatable bonds is 13. The maximum Gasteiger partial charge on any atom is 0.328 e. The van der Waals surface area contributed by atoms with Gasteiger partial charge in [-0.15, -0.1) is 0 Å². The lowest BCUT2D eigenvalue weighted by Crippen LogP contribution is -2.58. The highest BCUT2D eigenvalue weighted by atomic mass is 16.4. The number of hydrogen-bond acceptors (Lipinski definition) is 7. The van der Waals surface area contributed by atoms with Crippen molar-refractivity contribution in [3.63, 3.8) is 0 Å². The number of aliphatic carboxylic acids is 1. The van der Waals surface area contributed by atoms with Crippen LogP contribution >= 0.6 is 0 Å². The molecule has 0 aromatic heterocycles. The Balaban J connectivity index is 5.19. The smallest absolute Gasteiger partial charge is 0.328 e. The van der Waals surface area contributed by atoms with Crippen LogP contribution in [0.15, 0.2) is 4.99 Å². The third-order valence-electron chi connectivity index (χ3n) is 3.83. The first-order chi connectivity index (χ1) is 13.5. The molecule has 0 saturated carbocycles. The number of carbonyl (C=O) groups excluding carboxylic acids is 3. The molecule has 0 radical (unpaired) electrons. The number of hydrogen-bond donors (Lipinski definition) is 8. The third-order valence-corrected chi connectivity index (χ3v) is 3.83. The van der Waals surface area contributed by atoms with E-state index in [9.17, 15) is 19.2 Å². The van der Waals surface area contributed by atoms with Gasteiger partial charge >= 0.3 is 5.97 Å². The minimum atomic E-state index is -1.51. The number of guanidine groups is 1. The predicted molar refractivity (Wildman–Crippen MR) is 104 cm³/mol. The highest BCUT2D eigenvalue weighted by Gasteiger charge is 2.30. The molecule has 0 fully saturated rings. The van der Waals surface area contributed by atoms with E-state index in [1.54, 1.807) is 13.8 Å². The molecule has 0 rings (SSSR count). The van der Waals surface area contributed by atoms with Gasteiger partial charge in [-0.25, -0.2) is 4.79 Å². The molecular weight excluding hydrogens is 386 g/mol. The maximum absolute atomic E-state index is 12.6. The summed E-state index contributed by atoms with van der Waals surface area (Å²) in [4.78, 5) is 51.4. The number of aliphatic hydroxyl groups is 1. The fraction of sp³-hybridized carbons (Fsp3) is 0.688. The highest BCUT2D eigenvalue weighted by molar-refractivity contribution is 5.93. The first kappa shape index (κ1) is 26.1. The van der Waals surface area contributed by atoms with E-state index in [2.05, 4.69) is 20.9 Å². The molecule has 0 aliphatic rings. The lowest BCUT2D eigenvalue weighted by atomic mass is 10.0. The van der Waals surface area contributed by atoms with Crippen LogP contribution in [0, 0.1) is 5.92 Å². The zero-order valence-corrected chi connectivity index (χ0v) is 16.6. The molecule has 3 unspecified atom stereocenters. The Hall–Kier alpha value is -2.93. The molecule has 11 N–H and O–H groups in total. The van der Waals surface area contributed by atoms with Crippen LogP contribution < -0.4 is 33.2 Å². The summed E-state index contributed by atoms with van der Waals surface area (Å²) >= 11 is 0. The molecule has 13 heteroatoms. The van der Waals surface area contributed by atoms with E-state index < -0.39 is 54.3 Å². The fourth-order valence-corrected chi connectivity index (χ4v) is 2.26. The second-order valence-electron chi connectivity index (χ2n) is 6.59. The van der Waals surface area contributed by atoms with Crippen molar-refractivity contribution >= 4 is 29.7 Å². The van der Waals surface area contributed by atoms with Crippen LogP contribution in [0.5, 0.6) is 0 Å². The van der Waals surface area contributed by atoms with Crippen molar-refractivity contribution in [3.8, 4) is 0 Å². The van der Waals surface area contributed by atoms with Gasteiger partial charge in [0.05, 0.1) is 13.2 Å². The number of nitrogens with two attached hydrogens (primary N) is 3. The molecule has 0 aromatic rings. The molecule has 29 heavy (non-hydrogen) atoms. The number of carbonyl (C=O) groups is 4. The normalized spacial score (nSPS) is 13.7. The van der Waals surface area contributed by atoms with Gasteiger partial charge in [-0.3, -0.25) is 19.4 Å². The summed E-state index contributed by atoms with van der Waals surface area (Å²) in [6, 6.07) is -3.60. The summed E-state index contributed by atoms with van der Waals surface area (Å²) in [6.07, 6.45) is 0.542. The SMILES string of the molecule is CC(C)C(NC(=O)C(CCCN=C(N)N)NC(=O)CN)C(=O)NC(CO)C(=O)O. The quantitative estimate of drug-likeness (QED) is 0.0831. The third kappa shape index (κ3) is 10.3. The van der Waals surface area contributed by atoms with E-state index in [0.29, 0.717) is 6.42 Å². The number of carboxylic acid groups (broad SMARTS) is 1. The monoisotopic (exact) mass is 417 g/mol. The Kier molecular flexibility index (Phi) is 11.9. The lowest BCUT2D eigenvalue weighted by Gasteiger charge is -2.26. The van der Waals surface area contributed by atoms with Gasteiger partial charge < -0.3 is 43.4 Å². The Morgan fingerprint density at radius 2 is 1.62 bits per heavy atom. The Labute approximate surface area is 168 Å². The van der Waals surface area contributed by atoms with Crippen molar-refractivity contribution in [3.05, 3.63) is 0 Å². The Morgan fingerprint density at radius 1 is 1.00 bits per heavy atom. The maximum atomic E-state index is 12.6. The van der Waals surface area contributed by atoms with Crippen LogP contribution in [0.4, 0.5) is 0 Å². The van der Waals surface area contributed by atoms with Crippen LogP contribution in [-0.4, -0.2) is 77.7 Å². The van der Waals surface area contributed by atoms with E-state index in [-0.39, 0.29) is 25.5 Å². The second-order valence-corrected chi connectivity index (χ2v) is 6.59. The molecule has 0 aliphatic heterocycles. The minimum Gasteiger partial charge on any atom is -0.480 e. The van der Waals surface area contributed by atoms with E-state index in [1.165, 1.54) is 0 Å². The molecule has 0 heterocycles. The Morgan fingerprint density at radius 3 is 2.07 bits per heavy atom. The summed E-state index contributed by atoms with van der Waals surface area (Å²) in [5, 5.41) is 25.1. The van der Waals surface area contributed by atoms with E-state index in [1.807, 2.05) is 0 Å². The molecule has 0 aliphatic carbocycles. The van der Waals surface area contributed by atoms with Gasteiger partial charge in [0.2, 0.25) is 17.7 Å². The largest absolute Gasteiger partial charge is 0.480 e. The van der Waals surface area contributed by atoms with Crippen LogP contribution in [0.3, 0.4) is 0 Å². The topological polar surface area (TPSA) is 235 Å². The number of aliphatic hydroxyl groups excluding tert-OH is 1. The van der Waals surface area contributed by atoms with Crippen molar-refractivity contribution in [1.82, 2.24) is 16.0 Å². The summed E-state index contributed by atoms with van der Waals surface area (Å²) in [5.41, 5.74) is 15.7. The van der Waals surface area contributed by atoms with Crippen LogP contribution in [-0.2, 0) is 19.2 Å². The van der Waals surface area contributed by atoms with Gasteiger partial charge in [-0.2, -0.15) is 0 Å². The average molecular weight is 417 g/mol. The highest BCUT2D eigenvalue weighted by Crippen LogP contribution is 2.06. The number of nitrogens with zero attached hydrogens (tertiary/aromatic N) is 1.